The van der Waals surface area contributed by atoms with Crippen molar-refractivity contribution in [2.75, 3.05) is 6.54 Å². The number of rotatable bonds is 11. The molecule has 0 fully saturated rings. The standard InChI is InChI=1S/C19H32N/c1-4-5-6-7-8-9-10-15-20-16-18-11-13-19(14-12-18)17(2)3/h11-14,17H,4-10,15-16H2,1-3H3. The predicted molar refractivity (Wildman–Crippen MR) is 89.2 cm³/mol. The molecule has 1 aromatic rings. The third-order valence-electron chi connectivity index (χ3n) is 3.86. The molecule has 1 aromatic carbocycles. The number of nitrogens with zero attached hydrogens (tertiary/aromatic N) is 1. The van der Waals surface area contributed by atoms with E-state index in [4.69, 9.17) is 0 Å². The molecule has 0 saturated carbocycles. The molecule has 20 heavy (non-hydrogen) atoms. The van der Waals surface area contributed by atoms with Crippen molar-refractivity contribution >= 4 is 0 Å². The number of benzene rings is 1. The molecule has 0 unspecified atom stereocenters. The van der Waals surface area contributed by atoms with E-state index in [-0.39, 0.29) is 0 Å². The quantitative estimate of drug-likeness (QED) is 0.462. The van der Waals surface area contributed by atoms with Crippen molar-refractivity contribution in [3.05, 3.63) is 35.4 Å². The summed E-state index contributed by atoms with van der Waals surface area (Å²) in [4.78, 5) is 0. The Kier molecular flexibility index (Phi) is 9.40. The van der Waals surface area contributed by atoms with E-state index in [0.717, 1.165) is 13.1 Å². The van der Waals surface area contributed by atoms with Gasteiger partial charge in [0.1, 0.15) is 0 Å². The van der Waals surface area contributed by atoms with Crippen molar-refractivity contribution in [2.45, 2.75) is 78.2 Å². The average molecular weight is 274 g/mol. The minimum atomic E-state index is 0.619. The summed E-state index contributed by atoms with van der Waals surface area (Å²) in [7, 11) is 0. The fourth-order valence-corrected chi connectivity index (χ4v) is 2.40. The number of hydrogen-bond donors (Lipinski definition) is 0. The summed E-state index contributed by atoms with van der Waals surface area (Å²) in [6, 6.07) is 8.93. The minimum Gasteiger partial charge on any atom is -0.237 e. The van der Waals surface area contributed by atoms with Crippen molar-refractivity contribution in [1.29, 1.82) is 0 Å². The maximum Gasteiger partial charge on any atom is 0.0384 e. The van der Waals surface area contributed by atoms with E-state index in [1.54, 1.807) is 0 Å². The summed E-state index contributed by atoms with van der Waals surface area (Å²) in [6.07, 6.45) is 9.55. The molecular weight excluding hydrogens is 242 g/mol. The molecule has 0 aliphatic heterocycles. The van der Waals surface area contributed by atoms with Crippen LogP contribution in [0.1, 0.15) is 82.8 Å². The fraction of sp³-hybridized carbons (Fsp3) is 0.684. The van der Waals surface area contributed by atoms with Gasteiger partial charge in [-0.05, 0) is 23.5 Å². The minimum absolute atomic E-state index is 0.619. The summed E-state index contributed by atoms with van der Waals surface area (Å²) in [6.45, 7) is 8.65. The van der Waals surface area contributed by atoms with Gasteiger partial charge in [-0.25, -0.2) is 5.32 Å². The molecule has 0 aromatic heterocycles. The van der Waals surface area contributed by atoms with Gasteiger partial charge in [0.05, 0.1) is 0 Å². The first kappa shape index (κ1) is 17.2. The third kappa shape index (κ3) is 7.69. The Morgan fingerprint density at radius 1 is 0.850 bits per heavy atom. The van der Waals surface area contributed by atoms with Crippen LogP contribution in [0.15, 0.2) is 24.3 Å². The fourth-order valence-electron chi connectivity index (χ4n) is 2.40. The lowest BCUT2D eigenvalue weighted by Gasteiger charge is -2.07. The van der Waals surface area contributed by atoms with E-state index >= 15 is 0 Å². The van der Waals surface area contributed by atoms with Gasteiger partial charge in [0.15, 0.2) is 0 Å². The molecule has 1 radical (unpaired) electrons. The lowest BCUT2D eigenvalue weighted by Crippen LogP contribution is -2.06. The zero-order valence-electron chi connectivity index (χ0n) is 13.7. The molecule has 0 aliphatic carbocycles. The van der Waals surface area contributed by atoms with E-state index < -0.39 is 0 Å². The predicted octanol–water partition coefficient (Wildman–Crippen LogP) is 5.67. The normalized spacial score (nSPS) is 11.2. The highest BCUT2D eigenvalue weighted by molar-refractivity contribution is 5.24. The Labute approximate surface area is 126 Å². The Balaban J connectivity index is 2.01. The van der Waals surface area contributed by atoms with Gasteiger partial charge in [-0.15, -0.1) is 0 Å². The molecule has 0 amide bonds. The van der Waals surface area contributed by atoms with Crippen LogP contribution in [-0.2, 0) is 6.54 Å². The van der Waals surface area contributed by atoms with Gasteiger partial charge in [0.25, 0.3) is 0 Å². The van der Waals surface area contributed by atoms with E-state index in [1.165, 1.54) is 56.1 Å². The highest BCUT2D eigenvalue weighted by atomic mass is 14.8. The smallest absolute Gasteiger partial charge is 0.0384 e. The van der Waals surface area contributed by atoms with Crippen molar-refractivity contribution < 1.29 is 0 Å². The van der Waals surface area contributed by atoms with Gasteiger partial charge in [-0.3, -0.25) is 0 Å². The SMILES string of the molecule is CCCCCCCCC[N]Cc1ccc(C(C)C)cc1. The molecule has 0 aliphatic rings. The first-order valence-corrected chi connectivity index (χ1v) is 8.46. The van der Waals surface area contributed by atoms with Gasteiger partial charge in [-0.2, -0.15) is 0 Å². The second-order valence-electron chi connectivity index (χ2n) is 6.12. The summed E-state index contributed by atoms with van der Waals surface area (Å²) < 4.78 is 0. The molecule has 1 heteroatoms. The molecule has 0 saturated heterocycles. The van der Waals surface area contributed by atoms with Crippen LogP contribution in [-0.4, -0.2) is 6.54 Å². The van der Waals surface area contributed by atoms with Crippen LogP contribution in [0.4, 0.5) is 0 Å². The van der Waals surface area contributed by atoms with Gasteiger partial charge in [0, 0.05) is 13.1 Å². The lowest BCUT2D eigenvalue weighted by molar-refractivity contribution is 0.558. The maximum atomic E-state index is 4.65. The van der Waals surface area contributed by atoms with Gasteiger partial charge in [-0.1, -0.05) is 83.6 Å². The highest BCUT2D eigenvalue weighted by Gasteiger charge is 1.99. The molecule has 0 atom stereocenters. The first-order valence-electron chi connectivity index (χ1n) is 8.46. The average Bonchev–Trinajstić information content (AvgIpc) is 2.46. The van der Waals surface area contributed by atoms with E-state index in [9.17, 15) is 0 Å². The van der Waals surface area contributed by atoms with Crippen LogP contribution in [0, 0.1) is 0 Å². The second-order valence-corrected chi connectivity index (χ2v) is 6.12. The van der Waals surface area contributed by atoms with Crippen LogP contribution in [0.5, 0.6) is 0 Å². The molecule has 0 spiro atoms. The summed E-state index contributed by atoms with van der Waals surface area (Å²) >= 11 is 0. The Hall–Kier alpha value is -0.820. The van der Waals surface area contributed by atoms with Crippen molar-refractivity contribution in [3.63, 3.8) is 0 Å². The Morgan fingerprint density at radius 3 is 2.05 bits per heavy atom. The van der Waals surface area contributed by atoms with Gasteiger partial charge >= 0.3 is 0 Å². The van der Waals surface area contributed by atoms with Crippen LogP contribution < -0.4 is 5.32 Å². The third-order valence-corrected chi connectivity index (χ3v) is 3.86. The van der Waals surface area contributed by atoms with Crippen LogP contribution >= 0.6 is 0 Å². The lowest BCUT2D eigenvalue weighted by atomic mass is 10.0. The van der Waals surface area contributed by atoms with Crippen molar-refractivity contribution in [1.82, 2.24) is 5.32 Å². The summed E-state index contributed by atoms with van der Waals surface area (Å²) in [5, 5.41) is 4.65. The summed E-state index contributed by atoms with van der Waals surface area (Å²) in [5.41, 5.74) is 2.76. The van der Waals surface area contributed by atoms with Gasteiger partial charge in [0.2, 0.25) is 0 Å². The number of hydrogen-bond acceptors (Lipinski definition) is 0. The molecule has 0 bridgehead atoms. The second kappa shape index (κ2) is 10.9. The van der Waals surface area contributed by atoms with Crippen LogP contribution in [0.3, 0.4) is 0 Å². The maximum absolute atomic E-state index is 4.65. The van der Waals surface area contributed by atoms with Crippen molar-refractivity contribution in [3.8, 4) is 0 Å². The number of unbranched alkanes of at least 4 members (excludes halogenated alkanes) is 6. The first-order chi connectivity index (χ1) is 9.74. The molecule has 1 rings (SSSR count). The van der Waals surface area contributed by atoms with Crippen LogP contribution in [0.2, 0.25) is 0 Å². The van der Waals surface area contributed by atoms with E-state index in [1.807, 2.05) is 0 Å². The van der Waals surface area contributed by atoms with E-state index in [2.05, 4.69) is 50.4 Å². The molecule has 0 heterocycles. The van der Waals surface area contributed by atoms with E-state index in [0.29, 0.717) is 5.92 Å². The zero-order chi connectivity index (χ0) is 14.6. The molecule has 0 N–H and O–H groups in total. The summed E-state index contributed by atoms with van der Waals surface area (Å²) in [5.74, 6) is 0.619. The zero-order valence-corrected chi connectivity index (χ0v) is 13.7. The topological polar surface area (TPSA) is 14.1 Å². The Morgan fingerprint density at radius 2 is 1.45 bits per heavy atom. The molecule has 1 nitrogen and oxygen atoms in total. The van der Waals surface area contributed by atoms with Crippen molar-refractivity contribution in [2.24, 2.45) is 0 Å². The highest BCUT2D eigenvalue weighted by Crippen LogP contribution is 2.14. The monoisotopic (exact) mass is 274 g/mol. The largest absolute Gasteiger partial charge is 0.237 e. The van der Waals surface area contributed by atoms with Crippen LogP contribution in [0.25, 0.3) is 0 Å². The molecular formula is C19H32N. The Bertz CT molecular complexity index is 326. The van der Waals surface area contributed by atoms with Gasteiger partial charge < -0.3 is 0 Å². The molecule has 113 valence electrons.